The zero-order valence-corrected chi connectivity index (χ0v) is 23.8. The maximum Gasteiger partial charge on any atom is 0.293 e. The third-order valence-electron chi connectivity index (χ3n) is 6.59. The number of anilines is 3. The number of carbonyl (C=O) groups excluding carboxylic acids is 1. The smallest absolute Gasteiger partial charge is 0.293 e. The van der Waals surface area contributed by atoms with Crippen molar-refractivity contribution in [1.29, 1.82) is 0 Å². The highest BCUT2D eigenvalue weighted by atomic mass is 35.5. The summed E-state index contributed by atoms with van der Waals surface area (Å²) in [6.07, 6.45) is 3.24. The number of halogens is 1. The monoisotopic (exact) mass is 578 g/mol. The van der Waals surface area contributed by atoms with E-state index in [2.05, 4.69) is 30.5 Å². The van der Waals surface area contributed by atoms with E-state index in [4.69, 9.17) is 21.2 Å². The van der Waals surface area contributed by atoms with Crippen LogP contribution in [0, 0.1) is 0 Å². The number of hydrogen-bond acceptors (Lipinski definition) is 10. The summed E-state index contributed by atoms with van der Waals surface area (Å²) in [4.78, 5) is 49.2. The van der Waals surface area contributed by atoms with Gasteiger partial charge >= 0.3 is 0 Å². The van der Waals surface area contributed by atoms with Crippen molar-refractivity contribution in [3.05, 3.63) is 69.7 Å². The van der Waals surface area contributed by atoms with Gasteiger partial charge in [0, 0.05) is 60.8 Å². The molecule has 0 aliphatic carbocycles. The zero-order valence-electron chi connectivity index (χ0n) is 23.1. The molecule has 2 N–H and O–H groups in total. The largest absolute Gasteiger partial charge is 0.412 e. The third-order valence-corrected chi connectivity index (χ3v) is 6.90. The Balaban J connectivity index is 1.38. The van der Waals surface area contributed by atoms with Crippen molar-refractivity contribution in [1.82, 2.24) is 24.6 Å². The number of nitrogens with zero attached hydrogens (tertiary/aromatic N) is 6. The fourth-order valence-electron chi connectivity index (χ4n) is 4.45. The third kappa shape index (κ3) is 6.40. The second-order valence-corrected chi connectivity index (χ2v) is 10.1. The molecule has 1 aliphatic rings. The van der Waals surface area contributed by atoms with Crippen LogP contribution in [0.5, 0.6) is 0 Å². The summed E-state index contributed by atoms with van der Waals surface area (Å²) in [5.41, 5.74) is 1.65. The molecule has 0 spiro atoms. The number of carbonyl (C=O) groups is 1. The van der Waals surface area contributed by atoms with E-state index in [1.165, 1.54) is 7.11 Å². The Bertz CT molecular complexity index is 1620. The Kier molecular flexibility index (Phi) is 8.62. The number of pyridine rings is 2. The predicted octanol–water partition coefficient (Wildman–Crippen LogP) is 2.63. The van der Waals surface area contributed by atoms with E-state index in [1.807, 2.05) is 19.0 Å². The molecule has 41 heavy (non-hydrogen) atoms. The van der Waals surface area contributed by atoms with Crippen LogP contribution < -0.4 is 25.9 Å². The number of fused-ring (bicyclic) bond motifs is 1. The molecule has 3 aromatic heterocycles. The molecule has 0 saturated carbocycles. The van der Waals surface area contributed by atoms with Crippen molar-refractivity contribution >= 4 is 46.0 Å². The van der Waals surface area contributed by atoms with Crippen LogP contribution in [0.15, 0.2) is 53.6 Å². The first kappa shape index (κ1) is 28.3. The minimum atomic E-state index is -0.427. The maximum absolute atomic E-state index is 13.4. The van der Waals surface area contributed by atoms with Crippen molar-refractivity contribution in [3.8, 4) is 11.1 Å². The van der Waals surface area contributed by atoms with Crippen LogP contribution in [-0.4, -0.2) is 91.1 Å². The summed E-state index contributed by atoms with van der Waals surface area (Å²) >= 11 is 6.63. The molecule has 1 saturated heterocycles. The molecule has 0 bridgehead atoms. The number of nitrogens with one attached hydrogen (secondary N) is 2. The topological polar surface area (TPSA) is 127 Å². The van der Waals surface area contributed by atoms with Gasteiger partial charge in [-0.05, 0) is 44.4 Å². The molecule has 1 aliphatic heterocycles. The highest BCUT2D eigenvalue weighted by Gasteiger charge is 2.18. The summed E-state index contributed by atoms with van der Waals surface area (Å²) in [5.74, 6) is 0.813. The van der Waals surface area contributed by atoms with Gasteiger partial charge in [-0.25, -0.2) is 9.97 Å². The van der Waals surface area contributed by atoms with Crippen molar-refractivity contribution in [2.75, 3.05) is 76.1 Å². The first-order valence-electron chi connectivity index (χ1n) is 13.1. The first-order valence-corrected chi connectivity index (χ1v) is 13.5. The van der Waals surface area contributed by atoms with Gasteiger partial charge < -0.3 is 30.0 Å². The van der Waals surface area contributed by atoms with Gasteiger partial charge in [-0.3, -0.25) is 9.59 Å². The van der Waals surface area contributed by atoms with Gasteiger partial charge in [-0.1, -0.05) is 17.7 Å². The molecule has 13 heteroatoms. The summed E-state index contributed by atoms with van der Waals surface area (Å²) < 4.78 is 6.51. The maximum atomic E-state index is 13.4. The van der Waals surface area contributed by atoms with Gasteiger partial charge in [-0.2, -0.15) is 4.98 Å². The van der Waals surface area contributed by atoms with Gasteiger partial charge in [0.15, 0.2) is 5.65 Å². The Morgan fingerprint density at radius 1 is 1.12 bits per heavy atom. The molecule has 0 atom stereocenters. The van der Waals surface area contributed by atoms with E-state index in [0.29, 0.717) is 59.1 Å². The molecule has 1 aromatic carbocycles. The molecule has 0 unspecified atom stereocenters. The lowest BCUT2D eigenvalue weighted by molar-refractivity contribution is 0.102. The van der Waals surface area contributed by atoms with Crippen molar-refractivity contribution in [3.63, 3.8) is 0 Å². The minimum absolute atomic E-state index is 0.286. The number of morpholine rings is 1. The van der Waals surface area contributed by atoms with Crippen LogP contribution in [0.4, 0.5) is 17.5 Å². The zero-order chi connectivity index (χ0) is 28.9. The van der Waals surface area contributed by atoms with E-state index in [0.717, 1.165) is 30.2 Å². The summed E-state index contributed by atoms with van der Waals surface area (Å²) in [5, 5.41) is 6.90. The van der Waals surface area contributed by atoms with E-state index >= 15 is 0 Å². The molecule has 214 valence electrons. The van der Waals surface area contributed by atoms with Gasteiger partial charge in [0.05, 0.1) is 23.8 Å². The number of ether oxygens (including phenoxy) is 1. The number of amides is 1. The lowest BCUT2D eigenvalue weighted by atomic mass is 10.1. The predicted molar refractivity (Wildman–Crippen MR) is 159 cm³/mol. The molecule has 4 aromatic rings. The molecule has 5 rings (SSSR count). The highest BCUT2D eigenvalue weighted by Crippen LogP contribution is 2.30. The number of benzene rings is 1. The molecule has 4 heterocycles. The summed E-state index contributed by atoms with van der Waals surface area (Å²) in [6.45, 7) is 4.12. The first-order chi connectivity index (χ1) is 19.8. The second-order valence-electron chi connectivity index (χ2n) is 9.69. The highest BCUT2D eigenvalue weighted by molar-refractivity contribution is 6.33. The van der Waals surface area contributed by atoms with E-state index < -0.39 is 5.56 Å². The van der Waals surface area contributed by atoms with Crippen LogP contribution in [0.2, 0.25) is 5.02 Å². The van der Waals surface area contributed by atoms with Crippen LogP contribution in [0.1, 0.15) is 10.4 Å². The average Bonchev–Trinajstić information content (AvgIpc) is 2.97. The molecule has 1 fully saturated rings. The van der Waals surface area contributed by atoms with Gasteiger partial charge in [0.1, 0.15) is 12.9 Å². The Morgan fingerprint density at radius 3 is 2.66 bits per heavy atom. The number of likely N-dealkylation sites (N-methyl/N-ethyl adjacent to an activating group) is 1. The quantitative estimate of drug-likeness (QED) is 0.306. The fourth-order valence-corrected chi connectivity index (χ4v) is 4.73. The number of aromatic nitrogens is 4. The van der Waals surface area contributed by atoms with Gasteiger partial charge in [0.2, 0.25) is 5.95 Å². The van der Waals surface area contributed by atoms with Crippen LogP contribution in [0.25, 0.3) is 22.2 Å². The molecule has 1 amide bonds. The van der Waals surface area contributed by atoms with Crippen LogP contribution in [0.3, 0.4) is 0 Å². The molecule has 12 nitrogen and oxygen atoms in total. The standard InChI is InChI=1S/C28H31ClN8O4/c1-35(2)9-8-31-28-32-17-19-14-22(27(39)37(40-3)25(19)34-28)21-5-4-20(16-23(21)29)33-26(38)18-6-7-30-24(15-18)36-10-12-41-13-11-36/h4-7,14-17H,8-13H2,1-3H3,(H,33,38)(H,31,32,34). The van der Waals surface area contributed by atoms with Crippen molar-refractivity contribution in [2.45, 2.75) is 0 Å². The lowest BCUT2D eigenvalue weighted by Gasteiger charge is -2.27. The van der Waals surface area contributed by atoms with Crippen LogP contribution in [-0.2, 0) is 4.74 Å². The van der Waals surface area contributed by atoms with Crippen LogP contribution >= 0.6 is 11.6 Å². The van der Waals surface area contributed by atoms with E-state index in [9.17, 15) is 9.59 Å². The second kappa shape index (κ2) is 12.5. The minimum Gasteiger partial charge on any atom is -0.412 e. The Morgan fingerprint density at radius 2 is 1.93 bits per heavy atom. The SMILES string of the molecule is COn1c(=O)c(-c2ccc(NC(=O)c3ccnc(N4CCOCC4)c3)cc2Cl)cc2cnc(NCCN(C)C)nc21. The Labute approximate surface area is 241 Å². The summed E-state index contributed by atoms with van der Waals surface area (Å²) in [7, 11) is 5.35. The van der Waals surface area contributed by atoms with E-state index in [-0.39, 0.29) is 10.9 Å². The fraction of sp³-hybridized carbons (Fsp3) is 0.321. The number of rotatable bonds is 9. The Hall–Kier alpha value is -4.26. The average molecular weight is 579 g/mol. The molecular formula is C28H31ClN8O4. The number of hydrogen-bond donors (Lipinski definition) is 2. The van der Waals surface area contributed by atoms with Crippen molar-refractivity contribution in [2.24, 2.45) is 0 Å². The molecule has 0 radical (unpaired) electrons. The van der Waals surface area contributed by atoms with Gasteiger partial charge in [0.25, 0.3) is 11.5 Å². The molecular weight excluding hydrogens is 548 g/mol. The van der Waals surface area contributed by atoms with Gasteiger partial charge in [-0.15, -0.1) is 4.73 Å². The van der Waals surface area contributed by atoms with E-state index in [1.54, 1.807) is 48.8 Å². The summed E-state index contributed by atoms with van der Waals surface area (Å²) in [6, 6.07) is 10.1. The lowest BCUT2D eigenvalue weighted by Crippen LogP contribution is -2.36. The van der Waals surface area contributed by atoms with Crippen molar-refractivity contribution < 1.29 is 14.4 Å². The normalized spacial score (nSPS) is 13.4.